The normalized spacial score (nSPS) is 13.0. The zero-order valence-electron chi connectivity index (χ0n) is 27.7. The first-order valence-electron chi connectivity index (χ1n) is 16.4. The summed E-state index contributed by atoms with van der Waals surface area (Å²) in [7, 11) is 0. The minimum absolute atomic E-state index is 0.0917. The molecule has 0 aliphatic rings. The van der Waals surface area contributed by atoms with Crippen molar-refractivity contribution in [3.63, 3.8) is 0 Å². The van der Waals surface area contributed by atoms with Gasteiger partial charge in [-0.15, -0.1) is 10.2 Å². The Morgan fingerprint density at radius 2 is 1.39 bits per heavy atom. The highest BCUT2D eigenvalue weighted by Crippen LogP contribution is 2.30. The van der Waals surface area contributed by atoms with E-state index in [1.165, 1.54) is 31.9 Å². The van der Waals surface area contributed by atoms with Gasteiger partial charge in [0.25, 0.3) is 0 Å². The van der Waals surface area contributed by atoms with Crippen molar-refractivity contribution in [1.29, 1.82) is 0 Å². The lowest BCUT2D eigenvalue weighted by molar-refractivity contribution is -0.380. The maximum absolute atomic E-state index is 10.9. The Labute approximate surface area is 277 Å². The average molecular weight is 668 g/mol. The van der Waals surface area contributed by atoms with Crippen molar-refractivity contribution >= 4 is 32.8 Å². The van der Waals surface area contributed by atoms with Crippen LogP contribution in [-0.4, -0.2) is 98.3 Å². The summed E-state index contributed by atoms with van der Waals surface area (Å²) in [6, 6.07) is 5.71. The lowest BCUT2D eigenvalue weighted by atomic mass is 10.1. The molecule has 14 heteroatoms. The van der Waals surface area contributed by atoms with Crippen LogP contribution in [0, 0.1) is 17.0 Å². The number of rotatable bonds is 28. The number of benzene rings is 1. The summed E-state index contributed by atoms with van der Waals surface area (Å²) in [6.45, 7) is 10.2. The molecule has 1 heterocycles. The highest BCUT2D eigenvalue weighted by molar-refractivity contribution is 7.18. The van der Waals surface area contributed by atoms with Crippen LogP contribution in [0.1, 0.15) is 70.8 Å². The molecule has 2 N–H and O–H groups in total. The number of hydrogen-bond acceptors (Lipinski definition) is 13. The number of ether oxygens (including phenoxy) is 4. The number of aromatic nitrogens is 1. The molecule has 0 bridgehead atoms. The van der Waals surface area contributed by atoms with Gasteiger partial charge in [-0.2, -0.15) is 0 Å². The fraction of sp³-hybridized carbons (Fsp3) is 0.719. The number of aliphatic hydroxyl groups is 2. The number of hydrogen-bond donors (Lipinski definition) is 2. The summed E-state index contributed by atoms with van der Waals surface area (Å²) in [6.07, 6.45) is 8.77. The number of unbranched alkanes of at least 4 members (excludes halogenated alkanes) is 6. The maximum Gasteiger partial charge on any atom is 0.345 e. The van der Waals surface area contributed by atoms with Gasteiger partial charge in [-0.1, -0.05) is 52.4 Å². The van der Waals surface area contributed by atoms with Crippen LogP contribution in [0.2, 0.25) is 0 Å². The third-order valence-electron chi connectivity index (χ3n) is 6.99. The summed E-state index contributed by atoms with van der Waals surface area (Å²) >= 11 is 0.858. The zero-order valence-corrected chi connectivity index (χ0v) is 28.5. The van der Waals surface area contributed by atoms with Crippen molar-refractivity contribution in [3.05, 3.63) is 40.1 Å². The van der Waals surface area contributed by atoms with Crippen molar-refractivity contribution in [3.8, 4) is 0 Å². The van der Waals surface area contributed by atoms with Gasteiger partial charge >= 0.3 is 5.00 Å². The number of azo groups is 1. The lowest BCUT2D eigenvalue weighted by Crippen LogP contribution is -2.33. The molecule has 0 saturated heterocycles. The highest BCUT2D eigenvalue weighted by Gasteiger charge is 2.13. The predicted molar refractivity (Wildman–Crippen MR) is 180 cm³/mol. The summed E-state index contributed by atoms with van der Waals surface area (Å²) in [4.78, 5) is 16.4. The standard InChI is InChI=1S/C32H53N5O8S/c1-4-6-8-10-16-42-22-28(38)24-44-18-14-36(15-19-45-25-29(39)23-43-17-11-9-7-5-2)27-12-13-30(26(3)20-27)34-35-32-33-21-31(46-32)37(40)41/h12-13,20-21,28-29,38-39H,4-11,14-19,22-25H2,1-3H3/b35-34+. The number of nitrogens with zero attached hydrogens (tertiary/aromatic N) is 5. The van der Waals surface area contributed by atoms with Gasteiger partial charge in [0.05, 0.1) is 50.3 Å². The highest BCUT2D eigenvalue weighted by atomic mass is 32.1. The Kier molecular flexibility index (Phi) is 21.1. The Bertz CT molecular complexity index is 1090. The first-order chi connectivity index (χ1) is 22.3. The molecule has 1 aromatic heterocycles. The van der Waals surface area contributed by atoms with Crippen LogP contribution >= 0.6 is 11.3 Å². The van der Waals surface area contributed by atoms with Gasteiger partial charge in [0.2, 0.25) is 5.13 Å². The molecule has 2 atom stereocenters. The summed E-state index contributed by atoms with van der Waals surface area (Å²) in [5.74, 6) is 0. The van der Waals surface area contributed by atoms with E-state index >= 15 is 0 Å². The molecule has 0 radical (unpaired) electrons. The van der Waals surface area contributed by atoms with Gasteiger partial charge in [0, 0.05) is 32.0 Å². The number of aliphatic hydroxyl groups excluding tert-OH is 2. The van der Waals surface area contributed by atoms with Gasteiger partial charge in [0.1, 0.15) is 18.4 Å². The van der Waals surface area contributed by atoms with Crippen molar-refractivity contribution in [1.82, 2.24) is 4.98 Å². The summed E-state index contributed by atoms with van der Waals surface area (Å²) in [5.41, 5.74) is 2.39. The Morgan fingerprint density at radius 1 is 0.848 bits per heavy atom. The van der Waals surface area contributed by atoms with Gasteiger partial charge in [-0.05, 0) is 54.9 Å². The molecule has 1 aromatic carbocycles. The summed E-state index contributed by atoms with van der Waals surface area (Å²) in [5, 5.41) is 39.8. The molecule has 0 aliphatic carbocycles. The van der Waals surface area contributed by atoms with E-state index in [4.69, 9.17) is 18.9 Å². The quantitative estimate of drug-likeness (QED) is 0.0442. The second-order valence-corrected chi connectivity index (χ2v) is 12.1. The fourth-order valence-corrected chi connectivity index (χ4v) is 4.94. The van der Waals surface area contributed by atoms with Crippen LogP contribution in [0.3, 0.4) is 0 Å². The molecule has 0 amide bonds. The Balaban J connectivity index is 1.88. The van der Waals surface area contributed by atoms with Crippen LogP contribution in [-0.2, 0) is 18.9 Å². The van der Waals surface area contributed by atoms with E-state index in [-0.39, 0.29) is 36.6 Å². The molecule has 0 spiro atoms. The van der Waals surface area contributed by atoms with Crippen LogP contribution < -0.4 is 4.90 Å². The average Bonchev–Trinajstić information content (AvgIpc) is 3.52. The molecule has 46 heavy (non-hydrogen) atoms. The number of thiazole rings is 1. The Hall–Kier alpha value is -2.59. The third-order valence-corrected chi connectivity index (χ3v) is 7.82. The number of nitro groups is 1. The van der Waals surface area contributed by atoms with E-state index in [0.717, 1.165) is 48.3 Å². The molecule has 0 saturated carbocycles. The second-order valence-electron chi connectivity index (χ2n) is 11.1. The van der Waals surface area contributed by atoms with E-state index in [1.807, 2.05) is 25.1 Å². The number of anilines is 1. The van der Waals surface area contributed by atoms with E-state index in [2.05, 4.69) is 34.0 Å². The van der Waals surface area contributed by atoms with Gasteiger partial charge in [0.15, 0.2) is 0 Å². The summed E-state index contributed by atoms with van der Waals surface area (Å²) < 4.78 is 22.7. The topological polar surface area (TPSA) is 161 Å². The molecular formula is C32H53N5O8S. The van der Waals surface area contributed by atoms with E-state index in [1.54, 1.807) is 0 Å². The third kappa shape index (κ3) is 17.4. The molecule has 0 aliphatic heterocycles. The Morgan fingerprint density at radius 3 is 1.87 bits per heavy atom. The molecule has 260 valence electrons. The van der Waals surface area contributed by atoms with Crippen molar-refractivity contribution in [2.24, 2.45) is 10.2 Å². The first-order valence-corrected chi connectivity index (χ1v) is 17.2. The molecule has 2 unspecified atom stereocenters. The fourth-order valence-electron chi connectivity index (χ4n) is 4.39. The predicted octanol–water partition coefficient (Wildman–Crippen LogP) is 6.53. The zero-order chi connectivity index (χ0) is 33.4. The monoisotopic (exact) mass is 667 g/mol. The molecule has 13 nitrogen and oxygen atoms in total. The SMILES string of the molecule is CCCCCCOCC(O)COCCN(CCOCC(O)COCCCCCC)c1ccc(/N=N/c2ncc([N+](=O)[O-])s2)c(C)c1. The maximum atomic E-state index is 10.9. The van der Waals surface area contributed by atoms with Crippen molar-refractivity contribution in [2.45, 2.75) is 84.3 Å². The molecular weight excluding hydrogens is 614 g/mol. The first kappa shape index (κ1) is 39.6. The molecule has 0 fully saturated rings. The lowest BCUT2D eigenvalue weighted by Gasteiger charge is -2.26. The largest absolute Gasteiger partial charge is 0.388 e. The molecule has 2 aromatic rings. The van der Waals surface area contributed by atoms with Gasteiger partial charge < -0.3 is 34.1 Å². The minimum atomic E-state index is -0.690. The van der Waals surface area contributed by atoms with E-state index in [9.17, 15) is 20.3 Å². The number of aryl methyl sites for hydroxylation is 1. The second kappa shape index (κ2) is 24.6. The van der Waals surface area contributed by atoms with Crippen LogP contribution in [0.15, 0.2) is 34.6 Å². The van der Waals surface area contributed by atoms with Crippen LogP contribution in [0.4, 0.5) is 21.5 Å². The van der Waals surface area contributed by atoms with Crippen molar-refractivity contribution in [2.75, 3.05) is 70.8 Å². The van der Waals surface area contributed by atoms with Crippen molar-refractivity contribution < 1.29 is 34.1 Å². The minimum Gasteiger partial charge on any atom is -0.388 e. The van der Waals surface area contributed by atoms with Gasteiger partial charge in [-0.3, -0.25) is 10.1 Å². The smallest absolute Gasteiger partial charge is 0.345 e. The van der Waals surface area contributed by atoms with Crippen LogP contribution in [0.5, 0.6) is 0 Å². The molecule has 2 rings (SSSR count). The van der Waals surface area contributed by atoms with E-state index < -0.39 is 17.1 Å². The van der Waals surface area contributed by atoms with Crippen LogP contribution in [0.25, 0.3) is 0 Å². The van der Waals surface area contributed by atoms with Gasteiger partial charge in [-0.25, -0.2) is 4.98 Å². The van der Waals surface area contributed by atoms with E-state index in [0.29, 0.717) is 45.2 Å².